The Labute approximate surface area is 220 Å². The summed E-state index contributed by atoms with van der Waals surface area (Å²) >= 11 is 1.29. The van der Waals surface area contributed by atoms with E-state index in [1.807, 2.05) is 32.0 Å². The molecule has 11 heteroatoms. The van der Waals surface area contributed by atoms with Crippen molar-refractivity contribution in [1.82, 2.24) is 15.2 Å². The summed E-state index contributed by atoms with van der Waals surface area (Å²) in [6.07, 6.45) is 1.71. The first kappa shape index (κ1) is 27.6. The first-order valence-electron chi connectivity index (χ1n) is 11.6. The number of amides is 3. The van der Waals surface area contributed by atoms with Gasteiger partial charge < -0.3 is 25.0 Å². The van der Waals surface area contributed by atoms with Gasteiger partial charge in [-0.05, 0) is 45.3 Å². The van der Waals surface area contributed by atoms with Crippen LogP contribution in [0.25, 0.3) is 0 Å². The van der Waals surface area contributed by atoms with Crippen molar-refractivity contribution in [3.8, 4) is 5.75 Å². The van der Waals surface area contributed by atoms with Gasteiger partial charge in [-0.25, -0.2) is 14.6 Å². The molecule has 0 aliphatic rings. The van der Waals surface area contributed by atoms with E-state index in [1.54, 1.807) is 42.6 Å². The van der Waals surface area contributed by atoms with Gasteiger partial charge in [0.2, 0.25) is 0 Å². The van der Waals surface area contributed by atoms with Crippen LogP contribution in [-0.4, -0.2) is 68.7 Å². The second-order valence-electron chi connectivity index (χ2n) is 8.41. The lowest BCUT2D eigenvalue weighted by Crippen LogP contribution is -2.29. The third-order valence-corrected chi connectivity index (χ3v) is 6.18. The number of ketones is 1. The minimum absolute atomic E-state index is 0.263. The fraction of sp³-hybridized carbons (Fsp3) is 0.308. The third-order valence-electron chi connectivity index (χ3n) is 5.21. The number of thiazole rings is 1. The predicted molar refractivity (Wildman–Crippen MR) is 144 cm³/mol. The molecular weight excluding hydrogens is 494 g/mol. The predicted octanol–water partition coefficient (Wildman–Crippen LogP) is 4.17. The summed E-state index contributed by atoms with van der Waals surface area (Å²) in [5, 5.41) is 8.53. The molecule has 0 spiro atoms. The Morgan fingerprint density at radius 3 is 2.59 bits per heavy atom. The first-order valence-corrected chi connectivity index (χ1v) is 12.4. The molecule has 0 fully saturated rings. The average molecular weight is 526 g/mol. The topological polar surface area (TPSA) is 122 Å². The summed E-state index contributed by atoms with van der Waals surface area (Å²) in [4.78, 5) is 44.7. The Hall–Kier alpha value is -3.96. The molecule has 0 saturated carbocycles. The SMILES string of the molecule is COc1ccccc1C(=O)c1cc(C)ccc1NC(=O)Nc1ncc(CCNC(=O)OCCN(C)C)s1. The molecule has 10 nitrogen and oxygen atoms in total. The van der Waals surface area contributed by atoms with E-state index in [2.05, 4.69) is 20.9 Å². The summed E-state index contributed by atoms with van der Waals surface area (Å²) in [6, 6.07) is 11.6. The molecule has 1 heterocycles. The van der Waals surface area contributed by atoms with Gasteiger partial charge in [0, 0.05) is 36.1 Å². The molecule has 0 bridgehead atoms. The molecule has 0 unspecified atom stereocenters. The molecule has 0 radical (unpaired) electrons. The molecule has 0 atom stereocenters. The molecule has 0 aliphatic heterocycles. The number of carbonyl (C=O) groups excluding carboxylic acids is 3. The molecule has 1 aromatic heterocycles. The number of benzene rings is 2. The highest BCUT2D eigenvalue weighted by Crippen LogP contribution is 2.26. The quantitative estimate of drug-likeness (QED) is 0.321. The number of anilines is 2. The molecule has 3 aromatic rings. The van der Waals surface area contributed by atoms with Crippen LogP contribution in [0.2, 0.25) is 0 Å². The van der Waals surface area contributed by atoms with Crippen molar-refractivity contribution < 1.29 is 23.9 Å². The van der Waals surface area contributed by atoms with Gasteiger partial charge in [0.15, 0.2) is 10.9 Å². The number of hydrogen-bond acceptors (Lipinski definition) is 8. The van der Waals surface area contributed by atoms with Crippen LogP contribution < -0.4 is 20.7 Å². The van der Waals surface area contributed by atoms with Crippen LogP contribution in [-0.2, 0) is 11.2 Å². The Bertz CT molecular complexity index is 1240. The standard InChI is InChI=1S/C26H31N5O5S/c1-17-9-10-21(20(15-17)23(32)19-7-5-6-8-22(19)35-4)29-24(33)30-25-28-16-18(37-25)11-12-27-26(34)36-14-13-31(2)3/h5-10,15-16H,11-14H2,1-4H3,(H,27,34)(H2,28,29,30,33). The fourth-order valence-electron chi connectivity index (χ4n) is 3.32. The van der Waals surface area contributed by atoms with Crippen molar-refractivity contribution in [2.75, 3.05) is 51.5 Å². The van der Waals surface area contributed by atoms with E-state index < -0.39 is 12.1 Å². The van der Waals surface area contributed by atoms with E-state index in [4.69, 9.17) is 9.47 Å². The second-order valence-corrected chi connectivity index (χ2v) is 9.52. The summed E-state index contributed by atoms with van der Waals surface area (Å²) in [7, 11) is 5.31. The van der Waals surface area contributed by atoms with Crippen LogP contribution >= 0.6 is 11.3 Å². The molecule has 196 valence electrons. The molecule has 3 rings (SSSR count). The van der Waals surface area contributed by atoms with Crippen molar-refractivity contribution >= 4 is 40.1 Å². The molecule has 0 saturated heterocycles. The van der Waals surface area contributed by atoms with Gasteiger partial charge in [-0.3, -0.25) is 10.1 Å². The first-order chi connectivity index (χ1) is 17.8. The van der Waals surface area contributed by atoms with Crippen LogP contribution in [0.1, 0.15) is 26.4 Å². The van der Waals surface area contributed by atoms with Gasteiger partial charge in [-0.2, -0.15) is 0 Å². The Morgan fingerprint density at radius 1 is 1.05 bits per heavy atom. The molecule has 3 amide bonds. The monoisotopic (exact) mass is 525 g/mol. The number of aryl methyl sites for hydroxylation is 1. The van der Waals surface area contributed by atoms with Crippen LogP contribution in [0.15, 0.2) is 48.7 Å². The highest BCUT2D eigenvalue weighted by molar-refractivity contribution is 7.15. The number of nitrogens with zero attached hydrogens (tertiary/aromatic N) is 2. The van der Waals surface area contributed by atoms with Gasteiger partial charge >= 0.3 is 12.1 Å². The number of methoxy groups -OCH3 is 1. The number of aromatic nitrogens is 1. The molecule has 2 aromatic carbocycles. The fourth-order valence-corrected chi connectivity index (χ4v) is 4.13. The maximum atomic E-state index is 13.3. The summed E-state index contributed by atoms with van der Waals surface area (Å²) < 4.78 is 10.4. The van der Waals surface area contributed by atoms with Gasteiger partial charge in [-0.1, -0.05) is 23.8 Å². The van der Waals surface area contributed by atoms with E-state index in [1.165, 1.54) is 18.4 Å². The van der Waals surface area contributed by atoms with Crippen molar-refractivity contribution in [1.29, 1.82) is 0 Å². The molecule has 3 N–H and O–H groups in total. The van der Waals surface area contributed by atoms with E-state index in [0.717, 1.165) is 10.4 Å². The van der Waals surface area contributed by atoms with E-state index >= 15 is 0 Å². The smallest absolute Gasteiger partial charge is 0.407 e. The maximum absolute atomic E-state index is 13.3. The van der Waals surface area contributed by atoms with Gasteiger partial charge in [0.25, 0.3) is 0 Å². The minimum atomic E-state index is -0.526. The van der Waals surface area contributed by atoms with Crippen LogP contribution in [0.3, 0.4) is 0 Å². The number of urea groups is 1. The van der Waals surface area contributed by atoms with Crippen molar-refractivity contribution in [3.63, 3.8) is 0 Å². The van der Waals surface area contributed by atoms with E-state index in [9.17, 15) is 14.4 Å². The molecule has 0 aliphatic carbocycles. The normalized spacial score (nSPS) is 10.6. The van der Waals surface area contributed by atoms with Crippen LogP contribution in [0.4, 0.5) is 20.4 Å². The number of alkyl carbamates (subject to hydrolysis) is 1. The zero-order chi connectivity index (χ0) is 26.8. The van der Waals surface area contributed by atoms with Crippen LogP contribution in [0.5, 0.6) is 5.75 Å². The van der Waals surface area contributed by atoms with Gasteiger partial charge in [0.1, 0.15) is 12.4 Å². The lowest BCUT2D eigenvalue weighted by Gasteiger charge is -2.13. The number of carbonyl (C=O) groups is 3. The number of nitrogens with one attached hydrogen (secondary N) is 3. The number of likely N-dealkylation sites (N-methyl/N-ethyl adjacent to an activating group) is 1. The van der Waals surface area contributed by atoms with Crippen molar-refractivity contribution in [3.05, 3.63) is 70.2 Å². The Morgan fingerprint density at radius 2 is 1.84 bits per heavy atom. The highest BCUT2D eigenvalue weighted by Gasteiger charge is 2.19. The largest absolute Gasteiger partial charge is 0.496 e. The lowest BCUT2D eigenvalue weighted by molar-refractivity contribution is 0.103. The minimum Gasteiger partial charge on any atom is -0.496 e. The van der Waals surface area contributed by atoms with Gasteiger partial charge in [-0.15, -0.1) is 11.3 Å². The van der Waals surface area contributed by atoms with E-state index in [0.29, 0.717) is 53.8 Å². The number of ether oxygens (including phenoxy) is 2. The number of hydrogen-bond donors (Lipinski definition) is 3. The zero-order valence-corrected chi connectivity index (χ0v) is 22.1. The summed E-state index contributed by atoms with van der Waals surface area (Å²) in [5.41, 5.74) is 2.00. The summed E-state index contributed by atoms with van der Waals surface area (Å²) in [6.45, 7) is 3.22. The Kier molecular flexibility index (Phi) is 9.99. The van der Waals surface area contributed by atoms with Crippen molar-refractivity contribution in [2.24, 2.45) is 0 Å². The van der Waals surface area contributed by atoms with Gasteiger partial charge in [0.05, 0.1) is 18.4 Å². The highest BCUT2D eigenvalue weighted by atomic mass is 32.1. The zero-order valence-electron chi connectivity index (χ0n) is 21.3. The number of para-hydroxylation sites is 1. The average Bonchev–Trinajstić information content (AvgIpc) is 3.31. The molecule has 37 heavy (non-hydrogen) atoms. The Balaban J connectivity index is 1.57. The number of rotatable bonds is 11. The maximum Gasteiger partial charge on any atom is 0.407 e. The van der Waals surface area contributed by atoms with E-state index in [-0.39, 0.29) is 5.78 Å². The third kappa shape index (κ3) is 8.29. The van der Waals surface area contributed by atoms with Crippen molar-refractivity contribution in [2.45, 2.75) is 13.3 Å². The molecular formula is C26H31N5O5S. The second kappa shape index (κ2) is 13.4. The lowest BCUT2D eigenvalue weighted by atomic mass is 9.99. The summed E-state index contributed by atoms with van der Waals surface area (Å²) in [5.74, 6) is 0.191. The van der Waals surface area contributed by atoms with Crippen LogP contribution in [0, 0.1) is 6.92 Å².